The Balaban J connectivity index is 2.39. The van der Waals surface area contributed by atoms with Crippen molar-refractivity contribution >= 4 is 27.3 Å². The van der Waals surface area contributed by atoms with Crippen LogP contribution in [0.25, 0.3) is 0 Å². The van der Waals surface area contributed by atoms with E-state index in [0.717, 1.165) is 24.9 Å². The topological polar surface area (TPSA) is 69.7 Å². The second-order valence-electron chi connectivity index (χ2n) is 6.68. The Bertz CT molecular complexity index is 693. The minimum atomic E-state index is -3.52. The lowest BCUT2D eigenvalue weighted by molar-refractivity contribution is -0.118. The number of sulfonamides is 1. The summed E-state index contributed by atoms with van der Waals surface area (Å²) in [6, 6.07) is 4.93. The summed E-state index contributed by atoms with van der Waals surface area (Å²) in [6.45, 7) is 4.73. The van der Waals surface area contributed by atoms with Crippen LogP contribution in [0, 0.1) is 5.92 Å². The highest BCUT2D eigenvalue weighted by molar-refractivity contribution is 7.89. The molecule has 0 radical (unpaired) electrons. The van der Waals surface area contributed by atoms with E-state index in [2.05, 4.69) is 5.32 Å². The number of benzene rings is 1. The van der Waals surface area contributed by atoms with Gasteiger partial charge in [-0.2, -0.15) is 4.31 Å². The quantitative estimate of drug-likeness (QED) is 0.883. The third-order valence-electron chi connectivity index (χ3n) is 4.18. The van der Waals surface area contributed by atoms with E-state index >= 15 is 0 Å². The van der Waals surface area contributed by atoms with Gasteiger partial charge in [0.1, 0.15) is 0 Å². The minimum Gasteiger partial charge on any atom is -0.376 e. The van der Waals surface area contributed by atoms with Crippen molar-refractivity contribution in [2.24, 2.45) is 5.92 Å². The van der Waals surface area contributed by atoms with Crippen LogP contribution in [0.5, 0.6) is 0 Å². The van der Waals surface area contributed by atoms with E-state index in [1.54, 1.807) is 32.0 Å². The van der Waals surface area contributed by atoms with Crippen LogP contribution in [-0.2, 0) is 14.8 Å². The van der Waals surface area contributed by atoms with Crippen LogP contribution in [0.3, 0.4) is 0 Å². The van der Waals surface area contributed by atoms with Gasteiger partial charge in [0.15, 0.2) is 0 Å². The van der Waals surface area contributed by atoms with Gasteiger partial charge in [0.25, 0.3) is 0 Å². The Labute approximate surface area is 144 Å². The summed E-state index contributed by atoms with van der Waals surface area (Å²) in [7, 11) is 0.201. The fourth-order valence-corrected chi connectivity index (χ4v) is 4.24. The molecule has 6 nitrogen and oxygen atoms in total. The first-order valence-electron chi connectivity index (χ1n) is 8.36. The molecule has 0 aromatic heterocycles. The van der Waals surface area contributed by atoms with Gasteiger partial charge in [0.05, 0.1) is 16.3 Å². The SMILES string of the molecule is CC(C)C(=O)Nc1cc(S(=O)(=O)N2CCCCC2)ccc1N(C)C. The van der Waals surface area contributed by atoms with Crippen molar-refractivity contribution in [3.63, 3.8) is 0 Å². The standard InChI is InChI=1S/C17H27N3O3S/c1-13(2)17(21)18-15-12-14(8-9-16(15)19(3)4)24(22,23)20-10-6-5-7-11-20/h8-9,12-13H,5-7,10-11H2,1-4H3,(H,18,21). The number of nitrogens with zero attached hydrogens (tertiary/aromatic N) is 2. The van der Waals surface area contributed by atoms with E-state index in [1.165, 1.54) is 4.31 Å². The molecule has 1 aromatic rings. The molecule has 0 bridgehead atoms. The first-order valence-corrected chi connectivity index (χ1v) is 9.80. The summed E-state index contributed by atoms with van der Waals surface area (Å²) in [5, 5.41) is 2.84. The van der Waals surface area contributed by atoms with E-state index in [1.807, 2.05) is 19.0 Å². The van der Waals surface area contributed by atoms with E-state index in [4.69, 9.17) is 0 Å². The molecule has 2 rings (SSSR count). The normalized spacial score (nSPS) is 16.2. The first-order chi connectivity index (χ1) is 11.2. The highest BCUT2D eigenvalue weighted by Gasteiger charge is 2.27. The molecule has 1 saturated heterocycles. The second kappa shape index (κ2) is 7.53. The van der Waals surface area contributed by atoms with E-state index in [9.17, 15) is 13.2 Å². The number of hydrogen-bond donors (Lipinski definition) is 1. The predicted molar refractivity (Wildman–Crippen MR) is 96.8 cm³/mol. The van der Waals surface area contributed by atoms with E-state index in [0.29, 0.717) is 18.8 Å². The maximum Gasteiger partial charge on any atom is 0.243 e. The molecule has 7 heteroatoms. The average molecular weight is 353 g/mol. The number of hydrogen-bond acceptors (Lipinski definition) is 4. The molecule has 1 aromatic carbocycles. The summed E-state index contributed by atoms with van der Waals surface area (Å²) < 4.78 is 27.2. The molecular weight excluding hydrogens is 326 g/mol. The third-order valence-corrected chi connectivity index (χ3v) is 6.08. The maximum atomic E-state index is 12.8. The number of piperidine rings is 1. The van der Waals surface area contributed by atoms with Gasteiger partial charge in [-0.25, -0.2) is 8.42 Å². The number of rotatable bonds is 5. The zero-order valence-electron chi connectivity index (χ0n) is 14.9. The number of carbonyl (C=O) groups excluding carboxylic acids is 1. The first kappa shape index (κ1) is 18.7. The largest absolute Gasteiger partial charge is 0.376 e. The van der Waals surface area contributed by atoms with Crippen LogP contribution in [0.4, 0.5) is 11.4 Å². The summed E-state index contributed by atoms with van der Waals surface area (Å²) in [5.74, 6) is -0.312. The molecule has 1 N–H and O–H groups in total. The molecule has 0 aliphatic carbocycles. The lowest BCUT2D eigenvalue weighted by atomic mass is 10.2. The van der Waals surface area contributed by atoms with Gasteiger partial charge >= 0.3 is 0 Å². The molecular formula is C17H27N3O3S. The Morgan fingerprint density at radius 1 is 1.17 bits per heavy atom. The Morgan fingerprint density at radius 3 is 2.33 bits per heavy atom. The fraction of sp³-hybridized carbons (Fsp3) is 0.588. The molecule has 0 saturated carbocycles. The molecule has 0 atom stereocenters. The lowest BCUT2D eigenvalue weighted by Gasteiger charge is -2.27. The molecule has 1 aliphatic rings. The molecule has 0 unspecified atom stereocenters. The maximum absolute atomic E-state index is 12.8. The second-order valence-corrected chi connectivity index (χ2v) is 8.62. The summed E-state index contributed by atoms with van der Waals surface area (Å²) >= 11 is 0. The molecule has 1 fully saturated rings. The minimum absolute atomic E-state index is 0.134. The fourth-order valence-electron chi connectivity index (χ4n) is 2.70. The average Bonchev–Trinajstić information content (AvgIpc) is 2.55. The van der Waals surface area contributed by atoms with Gasteiger partial charge in [-0.15, -0.1) is 0 Å². The van der Waals surface area contributed by atoms with Crippen LogP contribution >= 0.6 is 0 Å². The van der Waals surface area contributed by atoms with Gasteiger partial charge in [0.2, 0.25) is 15.9 Å². The van der Waals surface area contributed by atoms with Crippen molar-refractivity contribution in [1.29, 1.82) is 0 Å². The summed E-state index contributed by atoms with van der Waals surface area (Å²) in [6.07, 6.45) is 2.86. The predicted octanol–water partition coefficient (Wildman–Crippen LogP) is 2.52. The molecule has 1 heterocycles. The highest BCUT2D eigenvalue weighted by atomic mass is 32.2. The van der Waals surface area contributed by atoms with Gasteiger partial charge in [0, 0.05) is 33.1 Å². The number of anilines is 2. The molecule has 1 aliphatic heterocycles. The Morgan fingerprint density at radius 2 is 1.79 bits per heavy atom. The zero-order valence-corrected chi connectivity index (χ0v) is 15.7. The van der Waals surface area contributed by atoms with Crippen molar-refractivity contribution < 1.29 is 13.2 Å². The van der Waals surface area contributed by atoms with E-state index < -0.39 is 10.0 Å². The van der Waals surface area contributed by atoms with Crippen LogP contribution in [-0.4, -0.2) is 45.8 Å². The van der Waals surface area contributed by atoms with Crippen molar-refractivity contribution in [1.82, 2.24) is 4.31 Å². The summed E-state index contributed by atoms with van der Waals surface area (Å²) in [4.78, 5) is 14.1. The van der Waals surface area contributed by atoms with Gasteiger partial charge < -0.3 is 10.2 Å². The van der Waals surface area contributed by atoms with Crippen molar-refractivity contribution in [2.45, 2.75) is 38.0 Å². The van der Waals surface area contributed by atoms with Crippen LogP contribution in [0.15, 0.2) is 23.1 Å². The number of nitrogens with one attached hydrogen (secondary N) is 1. The Kier molecular flexibility index (Phi) is 5.87. The number of amides is 1. The smallest absolute Gasteiger partial charge is 0.243 e. The highest BCUT2D eigenvalue weighted by Crippen LogP contribution is 2.30. The van der Waals surface area contributed by atoms with Crippen molar-refractivity contribution in [3.8, 4) is 0 Å². The summed E-state index contributed by atoms with van der Waals surface area (Å²) in [5.41, 5.74) is 1.30. The molecule has 1 amide bonds. The lowest BCUT2D eigenvalue weighted by Crippen LogP contribution is -2.35. The van der Waals surface area contributed by atoms with Crippen LogP contribution in [0.2, 0.25) is 0 Å². The van der Waals surface area contributed by atoms with Crippen molar-refractivity contribution in [3.05, 3.63) is 18.2 Å². The Hall–Kier alpha value is -1.60. The molecule has 24 heavy (non-hydrogen) atoms. The molecule has 0 spiro atoms. The zero-order chi connectivity index (χ0) is 17.9. The monoisotopic (exact) mass is 353 g/mol. The number of carbonyl (C=O) groups is 1. The van der Waals surface area contributed by atoms with E-state index in [-0.39, 0.29) is 16.7 Å². The third kappa shape index (κ3) is 4.08. The molecule has 134 valence electrons. The van der Waals surface area contributed by atoms with Crippen LogP contribution in [0.1, 0.15) is 33.1 Å². The van der Waals surface area contributed by atoms with Gasteiger partial charge in [-0.05, 0) is 31.0 Å². The van der Waals surface area contributed by atoms with Crippen molar-refractivity contribution in [2.75, 3.05) is 37.4 Å². The van der Waals surface area contributed by atoms with Gasteiger partial charge in [-0.3, -0.25) is 4.79 Å². The van der Waals surface area contributed by atoms with Gasteiger partial charge in [-0.1, -0.05) is 20.3 Å². The van der Waals surface area contributed by atoms with Crippen LogP contribution < -0.4 is 10.2 Å².